The Hall–Kier alpha value is -3.52. The molecule has 1 N–H and O–H groups in total. The molecule has 0 amide bonds. The van der Waals surface area contributed by atoms with Gasteiger partial charge >= 0.3 is 0 Å². The third-order valence-electron chi connectivity index (χ3n) is 7.71. The molecule has 3 aromatic rings. The minimum absolute atomic E-state index is 0.0595. The number of carbonyl (C=O) groups excluding carboxylic acids is 1. The molecule has 14 heteroatoms. The van der Waals surface area contributed by atoms with E-state index in [0.717, 1.165) is 19.1 Å². The number of anilines is 2. The summed E-state index contributed by atoms with van der Waals surface area (Å²) in [6.07, 6.45) is -1.91. The number of fused-ring (bicyclic) bond motifs is 1. The molecule has 2 aromatic heterocycles. The number of hydrogen-bond acceptors (Lipinski definition) is 9. The number of rotatable bonds is 9. The van der Waals surface area contributed by atoms with E-state index in [1.807, 2.05) is 13.8 Å². The van der Waals surface area contributed by atoms with Crippen LogP contribution in [0, 0.1) is 5.92 Å². The van der Waals surface area contributed by atoms with E-state index in [9.17, 15) is 26.4 Å². The number of benzene rings is 1. The molecule has 2 fully saturated rings. The van der Waals surface area contributed by atoms with Crippen molar-refractivity contribution in [1.82, 2.24) is 14.5 Å². The molecule has 4 heterocycles. The second kappa shape index (κ2) is 10.9. The molecule has 43 heavy (non-hydrogen) atoms. The number of Topliss-reactive ketones (excluding diaryl/α,β-unsaturated/α-hetero) is 1. The highest BCUT2D eigenvalue weighted by Gasteiger charge is 2.43. The normalized spacial score (nSPS) is 23.3. The van der Waals surface area contributed by atoms with Crippen LogP contribution < -0.4 is 5.32 Å². The number of carbonyl (C=O) groups is 1. The fraction of sp³-hybridized carbons (Fsp3) is 0.517. The minimum atomic E-state index is -3.81. The van der Waals surface area contributed by atoms with Gasteiger partial charge in [0.05, 0.1) is 33.4 Å². The highest BCUT2D eigenvalue weighted by Crippen LogP contribution is 2.38. The number of sulfone groups is 1. The quantitative estimate of drug-likeness (QED) is 0.345. The summed E-state index contributed by atoms with van der Waals surface area (Å²) < 4.78 is 80.9. The largest absolute Gasteiger partial charge is 0.475 e. The Morgan fingerprint density at radius 2 is 1.95 bits per heavy atom. The first-order valence-corrected chi connectivity index (χ1v) is 16.0. The number of nitrogens with zero attached hydrogens (tertiary/aromatic N) is 4. The average molecular weight is 620 g/mol. The maximum absolute atomic E-state index is 14.3. The van der Waals surface area contributed by atoms with Gasteiger partial charge in [-0.25, -0.2) is 36.5 Å². The lowest BCUT2D eigenvalue weighted by atomic mass is 10.1. The number of ether oxygens (including phenoxy) is 2. The molecule has 1 saturated heterocycles. The molecular weight excluding hydrogens is 587 g/mol. The zero-order valence-corrected chi connectivity index (χ0v) is 24.8. The molecule has 3 atom stereocenters. The number of hydrogen-bond donors (Lipinski definition) is 1. The monoisotopic (exact) mass is 619 g/mol. The molecule has 3 aliphatic rings. The first-order valence-electron chi connectivity index (χ1n) is 14.1. The maximum atomic E-state index is 14.3. The van der Waals surface area contributed by atoms with Crippen molar-refractivity contribution >= 4 is 44.1 Å². The van der Waals surface area contributed by atoms with E-state index in [2.05, 4.69) is 20.3 Å². The van der Waals surface area contributed by atoms with Crippen LogP contribution in [0.4, 0.5) is 24.5 Å². The number of nitrogens with one attached hydrogen (secondary N) is 1. The molecule has 2 aliphatic heterocycles. The molecule has 1 saturated carbocycles. The van der Waals surface area contributed by atoms with Gasteiger partial charge in [-0.05, 0) is 63.8 Å². The van der Waals surface area contributed by atoms with E-state index >= 15 is 0 Å². The Morgan fingerprint density at radius 1 is 1.19 bits per heavy atom. The lowest BCUT2D eigenvalue weighted by molar-refractivity contribution is -0.120. The van der Waals surface area contributed by atoms with Gasteiger partial charge in [-0.15, -0.1) is 0 Å². The first-order chi connectivity index (χ1) is 20.3. The Morgan fingerprint density at radius 3 is 2.56 bits per heavy atom. The van der Waals surface area contributed by atoms with E-state index in [0.29, 0.717) is 31.1 Å². The van der Waals surface area contributed by atoms with E-state index < -0.39 is 45.9 Å². The summed E-state index contributed by atoms with van der Waals surface area (Å²) in [6.45, 7) is 4.52. The molecule has 1 unspecified atom stereocenters. The van der Waals surface area contributed by atoms with Gasteiger partial charge in [-0.1, -0.05) is 0 Å². The van der Waals surface area contributed by atoms with Crippen LogP contribution in [0.3, 0.4) is 0 Å². The topological polar surface area (TPSA) is 125 Å². The molecule has 1 aromatic carbocycles. The Labute approximate surface area is 246 Å². The standard InChI is InChI=1S/C29H32F3N5O5S/c1-29(2)14-42-28(36-29)15-7-8-19(22(10-15)43(3,39)40)34-20-11-16(12-21(38)17-13-18(17)30)33-26-24(20)35-27(25(31)32)37(26)23-6-4-5-9-41-23/h7-8,10-11,17-18,23,25H,4-6,9,12-14H2,1-3H3,(H,33,34)/t17-,18+,23?/m1/s1. The van der Waals surface area contributed by atoms with Crippen LogP contribution in [-0.4, -0.2) is 65.8 Å². The van der Waals surface area contributed by atoms with Crippen LogP contribution in [0.15, 0.2) is 34.2 Å². The number of aliphatic imine (C=N–C) groups is 1. The zero-order valence-electron chi connectivity index (χ0n) is 23.9. The minimum Gasteiger partial charge on any atom is -0.475 e. The average Bonchev–Trinajstić information content (AvgIpc) is 3.38. The van der Waals surface area contributed by atoms with Crippen molar-refractivity contribution in [1.29, 1.82) is 0 Å². The van der Waals surface area contributed by atoms with Gasteiger partial charge in [-0.2, -0.15) is 0 Å². The summed E-state index contributed by atoms with van der Waals surface area (Å²) in [5.74, 6) is -1.30. The number of halogens is 3. The Kier molecular flexibility index (Phi) is 7.48. The number of alkyl halides is 3. The van der Waals surface area contributed by atoms with Crippen LogP contribution in [0.25, 0.3) is 11.2 Å². The van der Waals surface area contributed by atoms with Crippen LogP contribution in [0.5, 0.6) is 0 Å². The maximum Gasteiger partial charge on any atom is 0.295 e. The number of imidazole rings is 1. The molecule has 230 valence electrons. The lowest BCUT2D eigenvalue weighted by Crippen LogP contribution is -2.21. The van der Waals surface area contributed by atoms with E-state index in [1.54, 1.807) is 6.07 Å². The van der Waals surface area contributed by atoms with Gasteiger partial charge < -0.3 is 14.8 Å². The molecular formula is C29H32F3N5O5S. The Bertz CT molecular complexity index is 1730. The predicted octanol–water partition coefficient (Wildman–Crippen LogP) is 5.24. The summed E-state index contributed by atoms with van der Waals surface area (Å²) >= 11 is 0. The third kappa shape index (κ3) is 5.99. The SMILES string of the molecule is CC1(C)COC(c2ccc(Nc3cc(CC(=O)[C@@H]4C[C@@H]4F)nc4c3nc(C(F)F)n4C3CCCCO3)c(S(C)(=O)=O)c2)=N1. The van der Waals surface area contributed by atoms with Crippen molar-refractivity contribution in [2.45, 2.75) is 75.2 Å². The smallest absolute Gasteiger partial charge is 0.295 e. The van der Waals surface area contributed by atoms with Crippen molar-refractivity contribution in [3.8, 4) is 0 Å². The molecule has 6 rings (SSSR count). The Balaban J connectivity index is 1.48. The number of aromatic nitrogens is 3. The number of pyridine rings is 1. The summed E-state index contributed by atoms with van der Waals surface area (Å²) in [5, 5.41) is 3.06. The van der Waals surface area contributed by atoms with Gasteiger partial charge in [-0.3, -0.25) is 9.36 Å². The van der Waals surface area contributed by atoms with Crippen molar-refractivity contribution in [3.63, 3.8) is 0 Å². The van der Waals surface area contributed by atoms with Gasteiger partial charge in [0, 0.05) is 24.8 Å². The number of ketones is 1. The van der Waals surface area contributed by atoms with Crippen molar-refractivity contribution < 1.29 is 35.9 Å². The molecule has 0 radical (unpaired) electrons. The van der Waals surface area contributed by atoms with E-state index in [1.165, 1.54) is 22.8 Å². The van der Waals surface area contributed by atoms with Crippen LogP contribution in [0.1, 0.15) is 69.3 Å². The molecule has 1 aliphatic carbocycles. The summed E-state index contributed by atoms with van der Waals surface area (Å²) in [4.78, 5) is 25.9. The van der Waals surface area contributed by atoms with Crippen LogP contribution >= 0.6 is 0 Å². The highest BCUT2D eigenvalue weighted by molar-refractivity contribution is 7.90. The van der Waals surface area contributed by atoms with Crippen molar-refractivity contribution in [2.24, 2.45) is 10.9 Å². The summed E-state index contributed by atoms with van der Waals surface area (Å²) in [7, 11) is -3.81. The lowest BCUT2D eigenvalue weighted by Gasteiger charge is -2.25. The van der Waals surface area contributed by atoms with Gasteiger partial charge in [0.25, 0.3) is 6.43 Å². The fourth-order valence-corrected chi connectivity index (χ4v) is 6.29. The second-order valence-corrected chi connectivity index (χ2v) is 13.9. The zero-order chi connectivity index (χ0) is 30.7. The first kappa shape index (κ1) is 29.5. The van der Waals surface area contributed by atoms with Gasteiger partial charge in [0.2, 0.25) is 5.90 Å². The molecule has 10 nitrogen and oxygen atoms in total. The summed E-state index contributed by atoms with van der Waals surface area (Å²) in [6, 6.07) is 6.09. The second-order valence-electron chi connectivity index (χ2n) is 11.9. The van der Waals surface area contributed by atoms with E-state index in [-0.39, 0.29) is 51.8 Å². The van der Waals surface area contributed by atoms with Crippen LogP contribution in [0.2, 0.25) is 0 Å². The molecule has 0 bridgehead atoms. The van der Waals surface area contributed by atoms with Gasteiger partial charge in [0.15, 0.2) is 21.3 Å². The van der Waals surface area contributed by atoms with Crippen LogP contribution in [-0.2, 0) is 30.5 Å². The van der Waals surface area contributed by atoms with Crippen molar-refractivity contribution in [3.05, 3.63) is 41.3 Å². The fourth-order valence-electron chi connectivity index (χ4n) is 5.43. The van der Waals surface area contributed by atoms with E-state index in [4.69, 9.17) is 9.47 Å². The highest BCUT2D eigenvalue weighted by atomic mass is 32.2. The summed E-state index contributed by atoms with van der Waals surface area (Å²) in [5.41, 5.74) is 0.671. The third-order valence-corrected chi connectivity index (χ3v) is 8.85. The predicted molar refractivity (Wildman–Crippen MR) is 152 cm³/mol. The van der Waals surface area contributed by atoms with Crippen molar-refractivity contribution in [2.75, 3.05) is 24.8 Å². The van der Waals surface area contributed by atoms with Gasteiger partial charge in [0.1, 0.15) is 30.3 Å². The molecule has 0 spiro atoms.